The van der Waals surface area contributed by atoms with Crippen molar-refractivity contribution in [1.29, 1.82) is 0 Å². The van der Waals surface area contributed by atoms with E-state index in [-0.39, 0.29) is 23.9 Å². The molecular weight excluding hydrogens is 276 g/mol. The Balaban J connectivity index is 2.47. The van der Waals surface area contributed by atoms with Crippen molar-refractivity contribution in [2.24, 2.45) is 0 Å². The van der Waals surface area contributed by atoms with Crippen molar-refractivity contribution >= 4 is 16.1 Å². The van der Waals surface area contributed by atoms with Gasteiger partial charge in [0.05, 0.1) is 18.1 Å². The number of carbonyl (C=O) groups excluding carboxylic acids is 1. The summed E-state index contributed by atoms with van der Waals surface area (Å²) in [5, 5.41) is 0. The Hall–Kier alpha value is -1.48. The molecule has 1 rings (SSSR count). The molecule has 0 bridgehead atoms. The number of rotatable bonds is 7. The zero-order valence-corrected chi connectivity index (χ0v) is 11.1. The van der Waals surface area contributed by atoms with Crippen molar-refractivity contribution in [3.05, 3.63) is 24.3 Å². The van der Waals surface area contributed by atoms with Gasteiger partial charge < -0.3 is 14.2 Å². The first kappa shape index (κ1) is 15.6. The number of hydrogen-bond acceptors (Lipinski definition) is 6. The predicted octanol–water partition coefficient (Wildman–Crippen LogP) is 0.502. The van der Waals surface area contributed by atoms with Crippen LogP contribution in [-0.4, -0.2) is 45.9 Å². The summed E-state index contributed by atoms with van der Waals surface area (Å²) in [6, 6.07) is 4.78. The zero-order chi connectivity index (χ0) is 14.3. The smallest absolute Gasteiger partial charge is 0.337 e. The molecule has 1 aromatic carbocycles. The molecular formula is C11H14O7S. The van der Waals surface area contributed by atoms with Gasteiger partial charge in [-0.1, -0.05) is 0 Å². The van der Waals surface area contributed by atoms with E-state index in [2.05, 4.69) is 0 Å². The lowest BCUT2D eigenvalue weighted by Crippen LogP contribution is -2.17. The minimum Gasteiger partial charge on any atom is -0.425 e. The molecule has 0 unspecified atom stereocenters. The molecule has 0 amide bonds. The molecule has 19 heavy (non-hydrogen) atoms. The van der Waals surface area contributed by atoms with E-state index in [9.17, 15) is 13.2 Å². The van der Waals surface area contributed by atoms with Crippen molar-refractivity contribution < 1.29 is 32.0 Å². The van der Waals surface area contributed by atoms with E-state index in [0.29, 0.717) is 6.61 Å². The van der Waals surface area contributed by atoms with E-state index in [4.69, 9.17) is 18.8 Å². The molecule has 0 radical (unpaired) electrons. The van der Waals surface area contributed by atoms with Gasteiger partial charge in [-0.25, -0.2) is 4.79 Å². The van der Waals surface area contributed by atoms with E-state index in [0.717, 1.165) is 12.1 Å². The summed E-state index contributed by atoms with van der Waals surface area (Å²) in [6.45, 7) is 0.410. The molecule has 1 N–H and O–H groups in total. The van der Waals surface area contributed by atoms with Crippen LogP contribution in [0.25, 0.3) is 0 Å². The molecule has 7 nitrogen and oxygen atoms in total. The molecule has 0 saturated carbocycles. The number of benzene rings is 1. The standard InChI is InChI=1S/C11H14O7S/c1-16-6-7-17-8-11(12)18-9-2-4-10(5-3-9)19(13,14)15/h2-5H,6-8H2,1H3,(H,13,14,15). The highest BCUT2D eigenvalue weighted by atomic mass is 32.2. The second-order valence-electron chi connectivity index (χ2n) is 3.47. The largest absolute Gasteiger partial charge is 0.425 e. The highest BCUT2D eigenvalue weighted by molar-refractivity contribution is 7.85. The van der Waals surface area contributed by atoms with Gasteiger partial charge in [-0.2, -0.15) is 8.42 Å². The molecule has 8 heteroatoms. The second kappa shape index (κ2) is 7.19. The number of carbonyl (C=O) groups is 1. The Labute approximate surface area is 110 Å². The second-order valence-corrected chi connectivity index (χ2v) is 4.89. The molecule has 0 atom stereocenters. The molecule has 0 aliphatic heterocycles. The van der Waals surface area contributed by atoms with Gasteiger partial charge in [0.25, 0.3) is 10.1 Å². The molecule has 0 heterocycles. The van der Waals surface area contributed by atoms with Gasteiger partial charge in [0.2, 0.25) is 0 Å². The third-order valence-electron chi connectivity index (χ3n) is 2.00. The zero-order valence-electron chi connectivity index (χ0n) is 10.2. The number of hydrogen-bond donors (Lipinski definition) is 1. The van der Waals surface area contributed by atoms with Crippen LogP contribution >= 0.6 is 0 Å². The van der Waals surface area contributed by atoms with Crippen LogP contribution in [0.3, 0.4) is 0 Å². The van der Waals surface area contributed by atoms with E-state index in [1.165, 1.54) is 19.2 Å². The lowest BCUT2D eigenvalue weighted by molar-refractivity contribution is -0.139. The molecule has 0 saturated heterocycles. The van der Waals surface area contributed by atoms with Crippen molar-refractivity contribution in [2.45, 2.75) is 4.90 Å². The van der Waals surface area contributed by atoms with Crippen LogP contribution in [-0.2, 0) is 24.4 Å². The summed E-state index contributed by atoms with van der Waals surface area (Å²) < 4.78 is 44.9. The highest BCUT2D eigenvalue weighted by Crippen LogP contribution is 2.15. The SMILES string of the molecule is COCCOCC(=O)Oc1ccc(S(=O)(=O)O)cc1. The van der Waals surface area contributed by atoms with Gasteiger partial charge in [-0.15, -0.1) is 0 Å². The molecule has 1 aromatic rings. The molecule has 0 spiro atoms. The third kappa shape index (κ3) is 5.79. The molecule has 106 valence electrons. The summed E-state index contributed by atoms with van der Waals surface area (Å²) in [7, 11) is -2.74. The highest BCUT2D eigenvalue weighted by Gasteiger charge is 2.10. The first-order valence-corrected chi connectivity index (χ1v) is 6.72. The summed E-state index contributed by atoms with van der Waals surface area (Å²) in [5.41, 5.74) is 0. The fraction of sp³-hybridized carbons (Fsp3) is 0.364. The summed E-state index contributed by atoms with van der Waals surface area (Å²) >= 11 is 0. The van der Waals surface area contributed by atoms with E-state index >= 15 is 0 Å². The average molecular weight is 290 g/mol. The maximum atomic E-state index is 11.3. The normalized spacial score (nSPS) is 11.3. The Morgan fingerprint density at radius 1 is 1.21 bits per heavy atom. The fourth-order valence-corrected chi connectivity index (χ4v) is 1.62. The minimum atomic E-state index is -4.25. The fourth-order valence-electron chi connectivity index (χ4n) is 1.14. The molecule has 0 aliphatic rings. The van der Waals surface area contributed by atoms with Gasteiger partial charge in [0.1, 0.15) is 12.4 Å². The average Bonchev–Trinajstić information content (AvgIpc) is 2.34. The van der Waals surface area contributed by atoms with Crippen LogP contribution in [0.2, 0.25) is 0 Å². The van der Waals surface area contributed by atoms with Crippen molar-refractivity contribution in [1.82, 2.24) is 0 Å². The third-order valence-corrected chi connectivity index (χ3v) is 2.87. The van der Waals surface area contributed by atoms with Gasteiger partial charge in [0.15, 0.2) is 0 Å². The van der Waals surface area contributed by atoms with E-state index in [1.54, 1.807) is 0 Å². The number of methoxy groups -OCH3 is 1. The maximum Gasteiger partial charge on any atom is 0.337 e. The first-order valence-electron chi connectivity index (χ1n) is 5.28. The van der Waals surface area contributed by atoms with Crippen LogP contribution in [0.4, 0.5) is 0 Å². The van der Waals surface area contributed by atoms with Gasteiger partial charge >= 0.3 is 5.97 Å². The molecule has 0 fully saturated rings. The number of esters is 1. The first-order chi connectivity index (χ1) is 8.93. The van der Waals surface area contributed by atoms with Gasteiger partial charge in [-0.05, 0) is 24.3 Å². The topological polar surface area (TPSA) is 99.1 Å². The van der Waals surface area contributed by atoms with Crippen molar-refractivity contribution in [2.75, 3.05) is 26.9 Å². The van der Waals surface area contributed by atoms with E-state index in [1.807, 2.05) is 0 Å². The van der Waals surface area contributed by atoms with Gasteiger partial charge in [-0.3, -0.25) is 4.55 Å². The van der Waals surface area contributed by atoms with Crippen molar-refractivity contribution in [3.63, 3.8) is 0 Å². The van der Waals surface area contributed by atoms with Gasteiger partial charge in [0, 0.05) is 7.11 Å². The minimum absolute atomic E-state index is 0.160. The van der Waals surface area contributed by atoms with Crippen LogP contribution < -0.4 is 4.74 Å². The quantitative estimate of drug-likeness (QED) is 0.338. The summed E-state index contributed by atoms with van der Waals surface area (Å²) in [6.07, 6.45) is 0. The van der Waals surface area contributed by atoms with Crippen LogP contribution in [0, 0.1) is 0 Å². The van der Waals surface area contributed by atoms with Crippen LogP contribution in [0.5, 0.6) is 5.75 Å². The molecule has 0 aromatic heterocycles. The monoisotopic (exact) mass is 290 g/mol. The summed E-state index contributed by atoms with van der Waals surface area (Å²) in [5.74, 6) is -0.455. The lowest BCUT2D eigenvalue weighted by Gasteiger charge is -2.05. The van der Waals surface area contributed by atoms with Crippen molar-refractivity contribution in [3.8, 4) is 5.75 Å². The van der Waals surface area contributed by atoms with E-state index < -0.39 is 16.1 Å². The predicted molar refractivity (Wildman–Crippen MR) is 64.6 cm³/mol. The summed E-state index contributed by atoms with van der Waals surface area (Å²) in [4.78, 5) is 11.0. The lowest BCUT2D eigenvalue weighted by atomic mass is 10.3. The Morgan fingerprint density at radius 2 is 1.84 bits per heavy atom. The number of ether oxygens (including phenoxy) is 3. The maximum absolute atomic E-state index is 11.3. The van der Waals surface area contributed by atoms with Crippen LogP contribution in [0.1, 0.15) is 0 Å². The molecule has 0 aliphatic carbocycles. The Kier molecular flexibility index (Phi) is 5.90. The Bertz CT molecular complexity index is 506. The Morgan fingerprint density at radius 3 is 2.37 bits per heavy atom. The van der Waals surface area contributed by atoms with Crippen LogP contribution in [0.15, 0.2) is 29.2 Å².